The van der Waals surface area contributed by atoms with Crippen LogP contribution in [-0.4, -0.2) is 199 Å². The van der Waals surface area contributed by atoms with Gasteiger partial charge in [-0.05, 0) is 211 Å². The Balaban J connectivity index is 0.000000158. The highest BCUT2D eigenvalue weighted by Gasteiger charge is 2.47. The Morgan fingerprint density at radius 3 is 1.22 bits per heavy atom. The molecule has 0 spiro atoms. The van der Waals surface area contributed by atoms with Gasteiger partial charge in [0.05, 0.1) is 98.2 Å². The first kappa shape index (κ1) is 103. The molecule has 9 aliphatic heterocycles. The van der Waals surface area contributed by atoms with Crippen LogP contribution in [0.1, 0.15) is 240 Å². The lowest BCUT2D eigenvalue weighted by molar-refractivity contribution is -0.154. The van der Waals surface area contributed by atoms with Gasteiger partial charge in [0.2, 0.25) is 5.91 Å². The lowest BCUT2D eigenvalue weighted by Gasteiger charge is -2.41. The second-order valence-corrected chi connectivity index (χ2v) is 40.2. The summed E-state index contributed by atoms with van der Waals surface area (Å²) in [5.41, 5.74) is 24.1. The number of amides is 9. The van der Waals surface area contributed by atoms with Crippen molar-refractivity contribution < 1.29 is 107 Å². The molecule has 9 amide bonds. The number of rotatable bonds is 18. The number of nitrogens with two attached hydrogens (primary N) is 2. The zero-order valence-electron chi connectivity index (χ0n) is 75.2. The fourth-order valence-electron chi connectivity index (χ4n) is 18.3. The van der Waals surface area contributed by atoms with E-state index in [9.17, 15) is 86.4 Å². The van der Waals surface area contributed by atoms with E-state index < -0.39 is 58.7 Å². The average molecular weight is 1960 g/mol. The summed E-state index contributed by atoms with van der Waals surface area (Å²) in [4.78, 5) is 199. The van der Waals surface area contributed by atoms with Crippen LogP contribution in [-0.2, 0) is 68.5 Å². The summed E-state index contributed by atoms with van der Waals surface area (Å²) in [6.45, 7) is 4.12. The monoisotopic (exact) mass is 1960 g/mol. The third kappa shape index (κ3) is 26.0. The Hall–Kier alpha value is -13.7. The van der Waals surface area contributed by atoms with E-state index in [2.05, 4.69) is 96.0 Å². The van der Waals surface area contributed by atoms with E-state index in [1.165, 1.54) is 37.0 Å². The third-order valence-corrected chi connectivity index (χ3v) is 25.0. The van der Waals surface area contributed by atoms with Crippen LogP contribution in [0.25, 0.3) is 0 Å². The van der Waals surface area contributed by atoms with Gasteiger partial charge in [0, 0.05) is 65.4 Å². The number of nitrogens with zero attached hydrogens (tertiary/aromatic N) is 6. The van der Waals surface area contributed by atoms with Crippen molar-refractivity contribution in [1.82, 2.24) is 29.8 Å². The van der Waals surface area contributed by atoms with Gasteiger partial charge >= 0.3 is 47.0 Å². The maximum absolute atomic E-state index is 13.7. The fourth-order valence-corrected chi connectivity index (χ4v) is 18.3. The van der Waals surface area contributed by atoms with E-state index in [0.29, 0.717) is 107 Å². The number of carboxylic acid groups (broad SMARTS) is 3. The number of carbonyl (C=O) groups is 16. The van der Waals surface area contributed by atoms with Crippen LogP contribution in [0.15, 0.2) is 229 Å². The number of nitrogens with one attached hydrogen (secondary N) is 1. The zero-order chi connectivity index (χ0) is 98.9. The number of benzene rings is 9. The van der Waals surface area contributed by atoms with Gasteiger partial charge in [-0.15, -0.1) is 0 Å². The summed E-state index contributed by atoms with van der Waals surface area (Å²) in [6, 6.07) is 68.6. The van der Waals surface area contributed by atoms with E-state index in [1.807, 2.05) is 65.6 Å². The molecule has 2 saturated carbocycles. The first-order valence-electron chi connectivity index (χ1n) is 45.4. The number of cyclic esters (lactones) is 4. The number of imide groups is 4. The first-order valence-corrected chi connectivity index (χ1v) is 49.8. The average Bonchev–Trinajstić information content (AvgIpc) is 1.76. The van der Waals surface area contributed by atoms with Gasteiger partial charge < -0.3 is 46.5 Å². The summed E-state index contributed by atoms with van der Waals surface area (Å²) in [5, 5.41) is 26.3. The number of esters is 4. The van der Waals surface area contributed by atoms with Gasteiger partial charge in [-0.1, -0.05) is 189 Å². The van der Waals surface area contributed by atoms with Crippen molar-refractivity contribution in [3.63, 3.8) is 0 Å². The topological polar surface area (TPSA) is 462 Å². The van der Waals surface area contributed by atoms with Crippen molar-refractivity contribution in [2.24, 2.45) is 40.1 Å². The number of ether oxygens (including phenoxy) is 2. The molecule has 35 heteroatoms. The molecule has 20 rings (SSSR count). The molecule has 1 saturated heterocycles. The van der Waals surface area contributed by atoms with Gasteiger partial charge in [0.1, 0.15) is 0 Å². The maximum Gasteiger partial charge on any atom is 0.346 e. The fraction of sp³-hybridized carbons (Fsp3) is 0.311. The molecule has 9 aromatic rings. The Labute approximate surface area is 811 Å². The van der Waals surface area contributed by atoms with E-state index >= 15 is 0 Å². The van der Waals surface area contributed by atoms with Crippen LogP contribution in [0.2, 0.25) is 0 Å². The minimum atomic E-state index is -3.22. The molecule has 720 valence electrons. The van der Waals surface area contributed by atoms with Gasteiger partial charge in [0.15, 0.2) is 0 Å². The maximum atomic E-state index is 13.7. The lowest BCUT2D eigenvalue weighted by atomic mass is 9.77. The molecule has 9 aromatic carbocycles. The normalized spacial score (nSPS) is 19.0. The van der Waals surface area contributed by atoms with Crippen molar-refractivity contribution in [3.05, 3.63) is 319 Å². The molecule has 0 bridgehead atoms. The minimum Gasteiger partial charge on any atom is -0.481 e. The molecule has 2 aliphatic carbocycles. The minimum absolute atomic E-state index is 0. The van der Waals surface area contributed by atoms with Crippen LogP contribution in [0.5, 0.6) is 0 Å². The van der Waals surface area contributed by atoms with E-state index in [0.717, 1.165) is 111 Å². The SMILES string of the molecule is NCCC(=O)O.NCCc1ccccc1.O=C(O)C1CCCCC1C(=O)N1CCc2ccccc2C1CCN1C(=O)c2ccccc2C1=O.O=C(O)CCN1C(=O)c2ccccc2C1=O.O=C1OC(=O)[C@@H]2CCCC[C@H]12.O=C1OC(=O)c2ccccc21.O=C1c2ccccc2C(=O)N1CCC1=NCCc2ccccc21.O=C1c2ccccc2C(=O)N1CCC1NCCc2ccccc21.O=P(Cl)(Cl)Cl.[2HH]. The van der Waals surface area contributed by atoms with Gasteiger partial charge in [-0.2, -0.15) is 0 Å². The zero-order valence-corrected chi connectivity index (χ0v) is 78.4. The number of carbonyl (C=O) groups excluding carboxylic acids is 13. The van der Waals surface area contributed by atoms with Crippen molar-refractivity contribution in [2.45, 2.75) is 121 Å². The van der Waals surface area contributed by atoms with Crippen molar-refractivity contribution in [3.8, 4) is 0 Å². The number of halogens is 3. The first-order chi connectivity index (χ1) is 66.4. The van der Waals surface area contributed by atoms with E-state index in [4.69, 9.17) is 21.7 Å². The largest absolute Gasteiger partial charge is 0.481 e. The second kappa shape index (κ2) is 48.9. The van der Waals surface area contributed by atoms with Gasteiger partial charge in [0.25, 0.3) is 47.3 Å². The molecule has 9 heterocycles. The molecule has 138 heavy (non-hydrogen) atoms. The number of fused-ring (bicyclic) bond motifs is 9. The number of aliphatic carboxylic acids is 3. The van der Waals surface area contributed by atoms with E-state index in [1.54, 1.807) is 121 Å². The highest BCUT2D eigenvalue weighted by Crippen LogP contribution is 2.61. The van der Waals surface area contributed by atoms with Crippen LogP contribution < -0.4 is 16.8 Å². The van der Waals surface area contributed by atoms with Crippen LogP contribution >= 0.6 is 38.9 Å². The highest BCUT2D eigenvalue weighted by molar-refractivity contribution is 8.24. The Kier molecular flexibility index (Phi) is 36.6. The molecule has 3 fully saturated rings. The summed E-state index contributed by atoms with van der Waals surface area (Å²) in [5.74, 6) is -8.14. The van der Waals surface area contributed by atoms with Crippen LogP contribution in [0, 0.1) is 23.7 Å². The van der Waals surface area contributed by atoms with Gasteiger partial charge in [-0.3, -0.25) is 96.3 Å². The summed E-state index contributed by atoms with van der Waals surface area (Å²) >= 11 is 13.8. The highest BCUT2D eigenvalue weighted by atomic mass is 36.0. The van der Waals surface area contributed by atoms with Gasteiger partial charge in [-0.25, -0.2) is 9.59 Å². The lowest BCUT2D eigenvalue weighted by Crippen LogP contribution is -2.47. The van der Waals surface area contributed by atoms with Crippen LogP contribution in [0.4, 0.5) is 0 Å². The molecule has 8 N–H and O–H groups in total. The predicted octanol–water partition coefficient (Wildman–Crippen LogP) is 15.3. The number of hydrogen-bond donors (Lipinski definition) is 6. The standard InChI is InChI=1S/C27H28N2O5.C19H18N2O2.C19H16N2O2.C11H9NO4.C8H11N.C8H10O3.C8H4O3.C3H7NO2.Cl3OP.H2/c30-24(21-11-5-6-12-22(21)27(33)34)28-15-13-17-7-1-2-8-18(17)23(28)14-16-29-25(31)19-9-3-4-10-20(19)26(29)32;2*22-18-15-7-3-4-8-16(15)19(23)21(18)12-10-17-14-6-2-1-5-13(14)9-11-20-17;13-9(14)5-6-12-10(15)7-3-1-2-4-8(7)11(12)16;9-7-6-8-4-2-1-3-5-8;2*9-7-5-3-1-2-4-6(5)8(10)11-7;4-2-1-3(5)6;1-5(2,3)4;/h1-4,7-10,21-23H,5-6,11-16H2,(H,33,34);1-8,17,20H,9-12H2;1-8H,9-12H2;1-4H,5-6H2,(H,13,14);1-5H,6-7,9H2;5-6H,1-4H2;1-4H;1-2,4H2,(H,5,6);;1H/t;;;;;5-,6+;;;;/i;;;;;;;;;1+1. The predicted molar refractivity (Wildman–Crippen MR) is 514 cm³/mol. The second-order valence-electron chi connectivity index (χ2n) is 33.5. The van der Waals surface area contributed by atoms with Crippen molar-refractivity contribution in [1.29, 1.82) is 0 Å². The molecular formula is C103H105Cl3N9O22P. The molecule has 0 radical (unpaired) electrons. The van der Waals surface area contributed by atoms with Crippen molar-refractivity contribution >= 4 is 140 Å². The van der Waals surface area contributed by atoms with Crippen LogP contribution in [0.3, 0.4) is 0 Å². The molecule has 6 atom stereocenters. The summed E-state index contributed by atoms with van der Waals surface area (Å²) in [7, 11) is 0. The quantitative estimate of drug-likeness (QED) is 0.0201. The Bertz CT molecular complexity index is 6010. The molecule has 4 unspecified atom stereocenters. The smallest absolute Gasteiger partial charge is 0.346 e. The summed E-state index contributed by atoms with van der Waals surface area (Å²) in [6.07, 6.45) is 11.8. The van der Waals surface area contributed by atoms with Crippen molar-refractivity contribution in [2.75, 3.05) is 58.9 Å². The van der Waals surface area contributed by atoms with E-state index in [-0.39, 0.29) is 111 Å². The molecule has 11 aliphatic rings. The molecular weight excluding hydrogens is 1850 g/mol. The number of hydrogen-bond acceptors (Lipinski definition) is 23. The number of carboxylic acids is 3. The third-order valence-electron chi connectivity index (χ3n) is 25.0. The number of aliphatic imine (C=N–C) groups is 1. The summed E-state index contributed by atoms with van der Waals surface area (Å²) < 4.78 is 18.4. The molecule has 31 nitrogen and oxygen atoms in total. The Morgan fingerprint density at radius 2 is 0.783 bits per heavy atom. The molecule has 0 aromatic heterocycles. The Morgan fingerprint density at radius 1 is 0.406 bits per heavy atom.